The van der Waals surface area contributed by atoms with E-state index >= 15 is 0 Å². The number of rotatable bonds is 8. The Hall–Kier alpha value is -4.18. The molecule has 1 atom stereocenters. The number of nitro benzene ring substituents is 1. The van der Waals surface area contributed by atoms with Gasteiger partial charge in [0.1, 0.15) is 0 Å². The number of carbonyl (C=O) groups excluding carboxylic acids is 2. The largest absolute Gasteiger partial charge is 0.478 e. The molecule has 0 aromatic heterocycles. The van der Waals surface area contributed by atoms with Gasteiger partial charge in [-0.25, -0.2) is 4.79 Å². The quantitative estimate of drug-likeness (QED) is 0.235. The number of amides is 2. The van der Waals surface area contributed by atoms with Crippen molar-refractivity contribution in [2.45, 2.75) is 24.0 Å². The fourth-order valence-electron chi connectivity index (χ4n) is 3.11. The number of hydrogen-bond acceptors (Lipinski definition) is 6. The first-order valence-electron chi connectivity index (χ1n) is 10.1. The summed E-state index contributed by atoms with van der Waals surface area (Å²) in [7, 11) is 0. The van der Waals surface area contributed by atoms with E-state index in [9.17, 15) is 29.6 Å². The third-order valence-corrected chi connectivity index (χ3v) is 5.95. The zero-order chi connectivity index (χ0) is 24.8. The number of nitro groups is 1. The molecule has 2 amide bonds. The van der Waals surface area contributed by atoms with Crippen LogP contribution in [-0.4, -0.2) is 33.1 Å². The highest BCUT2D eigenvalue weighted by atomic mass is 32.2. The molecule has 0 bridgehead atoms. The van der Waals surface area contributed by atoms with Gasteiger partial charge in [0.05, 0.1) is 21.3 Å². The number of thioether (sulfide) groups is 1. The standard InChI is InChI=1S/C24H21N3O6S/c1-14-12-17(27(32)33)10-11-21(14)26-22(28)15(2)34-18-7-5-6-16(13-18)25-23(29)19-8-3-4-9-20(19)24(30)31/h3-13,15H,1-2H3,(H,25,29)(H,26,28)(H,30,31). The molecule has 0 spiro atoms. The van der Waals surface area contributed by atoms with Gasteiger partial charge >= 0.3 is 5.97 Å². The molecule has 0 saturated carbocycles. The van der Waals surface area contributed by atoms with E-state index in [4.69, 9.17) is 0 Å². The first kappa shape index (κ1) is 24.5. The average Bonchev–Trinajstić information content (AvgIpc) is 2.80. The van der Waals surface area contributed by atoms with Gasteiger partial charge in [-0.1, -0.05) is 18.2 Å². The van der Waals surface area contributed by atoms with Crippen molar-refractivity contribution in [2.24, 2.45) is 0 Å². The predicted molar refractivity (Wildman–Crippen MR) is 130 cm³/mol. The van der Waals surface area contributed by atoms with Gasteiger partial charge in [-0.05, 0) is 55.8 Å². The Morgan fingerprint density at radius 3 is 2.32 bits per heavy atom. The van der Waals surface area contributed by atoms with Gasteiger partial charge in [0.2, 0.25) is 5.91 Å². The number of hydrogen-bond donors (Lipinski definition) is 3. The lowest BCUT2D eigenvalue weighted by Crippen LogP contribution is -2.22. The lowest BCUT2D eigenvalue weighted by atomic mass is 10.1. The molecule has 3 N–H and O–H groups in total. The summed E-state index contributed by atoms with van der Waals surface area (Å²) in [4.78, 5) is 47.7. The zero-order valence-corrected chi connectivity index (χ0v) is 19.1. The van der Waals surface area contributed by atoms with Crippen molar-refractivity contribution in [3.05, 3.63) is 93.5 Å². The summed E-state index contributed by atoms with van der Waals surface area (Å²) in [5.74, 6) is -2.04. The number of carboxylic acid groups (broad SMARTS) is 1. The Morgan fingerprint density at radius 2 is 1.68 bits per heavy atom. The Kier molecular flexibility index (Phi) is 7.64. The Bertz CT molecular complexity index is 1280. The third-order valence-electron chi connectivity index (χ3n) is 4.85. The fraction of sp³-hybridized carbons (Fsp3) is 0.125. The second-order valence-corrected chi connectivity index (χ2v) is 8.75. The summed E-state index contributed by atoms with van der Waals surface area (Å²) in [6.45, 7) is 3.39. The fourth-order valence-corrected chi connectivity index (χ4v) is 4.03. The van der Waals surface area contributed by atoms with Crippen molar-refractivity contribution in [1.82, 2.24) is 0 Å². The van der Waals surface area contributed by atoms with Gasteiger partial charge in [-0.15, -0.1) is 11.8 Å². The van der Waals surface area contributed by atoms with Gasteiger partial charge in [0.25, 0.3) is 11.6 Å². The summed E-state index contributed by atoms with van der Waals surface area (Å²) in [6, 6.07) is 17.0. The highest BCUT2D eigenvalue weighted by molar-refractivity contribution is 8.00. The van der Waals surface area contributed by atoms with E-state index < -0.39 is 22.0 Å². The minimum atomic E-state index is -1.20. The maximum Gasteiger partial charge on any atom is 0.336 e. The molecule has 34 heavy (non-hydrogen) atoms. The molecule has 0 aliphatic heterocycles. The monoisotopic (exact) mass is 479 g/mol. The van der Waals surface area contributed by atoms with Crippen LogP contribution in [0.3, 0.4) is 0 Å². The molecule has 0 heterocycles. The Morgan fingerprint density at radius 1 is 0.971 bits per heavy atom. The molecule has 0 fully saturated rings. The van der Waals surface area contributed by atoms with Crippen molar-refractivity contribution in [3.63, 3.8) is 0 Å². The minimum absolute atomic E-state index is 0.0410. The normalized spacial score (nSPS) is 11.4. The van der Waals surface area contributed by atoms with Crippen LogP contribution in [0, 0.1) is 17.0 Å². The Labute approximate surface area is 199 Å². The molecule has 0 saturated heterocycles. The van der Waals surface area contributed by atoms with E-state index in [2.05, 4.69) is 10.6 Å². The van der Waals surface area contributed by atoms with Crippen LogP contribution < -0.4 is 10.6 Å². The molecule has 174 valence electrons. The number of aryl methyl sites for hydroxylation is 1. The zero-order valence-electron chi connectivity index (χ0n) is 18.3. The average molecular weight is 480 g/mol. The van der Waals surface area contributed by atoms with Crippen molar-refractivity contribution < 1.29 is 24.4 Å². The topological polar surface area (TPSA) is 139 Å². The lowest BCUT2D eigenvalue weighted by Gasteiger charge is -2.14. The van der Waals surface area contributed by atoms with Crippen LogP contribution >= 0.6 is 11.8 Å². The molecule has 0 aliphatic carbocycles. The maximum atomic E-state index is 12.6. The van der Waals surface area contributed by atoms with E-state index in [1.165, 1.54) is 42.1 Å². The smallest absolute Gasteiger partial charge is 0.336 e. The molecule has 3 rings (SSSR count). The predicted octanol–water partition coefficient (Wildman–Crippen LogP) is 4.97. The van der Waals surface area contributed by atoms with E-state index in [0.29, 0.717) is 21.8 Å². The van der Waals surface area contributed by atoms with E-state index in [-0.39, 0.29) is 22.7 Å². The summed E-state index contributed by atoms with van der Waals surface area (Å²) in [6.07, 6.45) is 0. The minimum Gasteiger partial charge on any atom is -0.478 e. The van der Waals surface area contributed by atoms with Crippen LogP contribution in [-0.2, 0) is 4.79 Å². The van der Waals surface area contributed by atoms with Crippen LogP contribution in [0.1, 0.15) is 33.2 Å². The summed E-state index contributed by atoms with van der Waals surface area (Å²) in [5.41, 5.74) is 1.40. The van der Waals surface area contributed by atoms with Gasteiger partial charge < -0.3 is 15.7 Å². The molecule has 0 aliphatic rings. The van der Waals surface area contributed by atoms with Gasteiger partial charge in [-0.2, -0.15) is 0 Å². The summed E-state index contributed by atoms with van der Waals surface area (Å²) < 4.78 is 0. The highest BCUT2D eigenvalue weighted by Crippen LogP contribution is 2.28. The van der Waals surface area contributed by atoms with Crippen molar-refractivity contribution in [3.8, 4) is 0 Å². The number of benzene rings is 3. The molecule has 0 radical (unpaired) electrons. The summed E-state index contributed by atoms with van der Waals surface area (Å²) in [5, 5.41) is 25.1. The van der Waals surface area contributed by atoms with E-state index in [1.807, 2.05) is 0 Å². The van der Waals surface area contributed by atoms with Crippen LogP contribution in [0.4, 0.5) is 17.1 Å². The molecule has 10 heteroatoms. The van der Waals surface area contributed by atoms with Gasteiger partial charge in [0.15, 0.2) is 0 Å². The third kappa shape index (κ3) is 5.99. The SMILES string of the molecule is Cc1cc([N+](=O)[O-])ccc1NC(=O)C(C)Sc1cccc(NC(=O)c2ccccc2C(=O)O)c1. The highest BCUT2D eigenvalue weighted by Gasteiger charge is 2.18. The molecule has 9 nitrogen and oxygen atoms in total. The van der Waals surface area contributed by atoms with Crippen LogP contribution in [0.2, 0.25) is 0 Å². The lowest BCUT2D eigenvalue weighted by molar-refractivity contribution is -0.384. The number of anilines is 2. The summed E-state index contributed by atoms with van der Waals surface area (Å²) >= 11 is 1.26. The number of non-ortho nitro benzene ring substituents is 1. The number of carbonyl (C=O) groups is 3. The van der Waals surface area contributed by atoms with Crippen molar-refractivity contribution in [2.75, 3.05) is 10.6 Å². The Balaban J connectivity index is 1.67. The van der Waals surface area contributed by atoms with Gasteiger partial charge in [-0.3, -0.25) is 19.7 Å². The number of nitrogens with one attached hydrogen (secondary N) is 2. The number of carboxylic acids is 1. The molecular formula is C24H21N3O6S. The van der Waals surface area contributed by atoms with Crippen LogP contribution in [0.15, 0.2) is 71.6 Å². The number of aromatic carboxylic acids is 1. The van der Waals surface area contributed by atoms with Crippen molar-refractivity contribution >= 4 is 46.6 Å². The number of nitrogens with zero attached hydrogens (tertiary/aromatic N) is 1. The van der Waals surface area contributed by atoms with Crippen molar-refractivity contribution in [1.29, 1.82) is 0 Å². The molecule has 3 aromatic carbocycles. The second-order valence-electron chi connectivity index (χ2n) is 7.34. The van der Waals surface area contributed by atoms with E-state index in [1.54, 1.807) is 50.2 Å². The van der Waals surface area contributed by atoms with Crippen LogP contribution in [0.25, 0.3) is 0 Å². The van der Waals surface area contributed by atoms with E-state index in [0.717, 1.165) is 0 Å². The second kappa shape index (κ2) is 10.6. The van der Waals surface area contributed by atoms with Crippen LogP contribution in [0.5, 0.6) is 0 Å². The first-order valence-corrected chi connectivity index (χ1v) is 11.0. The molecule has 1 unspecified atom stereocenters. The maximum absolute atomic E-state index is 12.6. The molecular weight excluding hydrogens is 458 g/mol. The first-order chi connectivity index (χ1) is 16.2. The van der Waals surface area contributed by atoms with Gasteiger partial charge in [0, 0.05) is 28.4 Å². The molecule has 3 aromatic rings.